The summed E-state index contributed by atoms with van der Waals surface area (Å²) in [6, 6.07) is 5.84. The van der Waals surface area contributed by atoms with E-state index in [-0.39, 0.29) is 18.6 Å². The van der Waals surface area contributed by atoms with Crippen LogP contribution in [0.2, 0.25) is 0 Å². The number of nitrogens with zero attached hydrogens (tertiary/aromatic N) is 2. The van der Waals surface area contributed by atoms with Crippen molar-refractivity contribution < 1.29 is 19.4 Å². The van der Waals surface area contributed by atoms with E-state index in [1.165, 1.54) is 0 Å². The molecule has 1 aromatic carbocycles. The van der Waals surface area contributed by atoms with E-state index in [1.54, 1.807) is 14.2 Å². The van der Waals surface area contributed by atoms with Crippen LogP contribution in [0.5, 0.6) is 11.5 Å². The number of aliphatic hydroxyl groups is 1. The van der Waals surface area contributed by atoms with Gasteiger partial charge in [-0.2, -0.15) is 0 Å². The van der Waals surface area contributed by atoms with Crippen molar-refractivity contribution >= 4 is 5.91 Å². The van der Waals surface area contributed by atoms with E-state index < -0.39 is 0 Å². The van der Waals surface area contributed by atoms with E-state index in [2.05, 4.69) is 18.7 Å². The van der Waals surface area contributed by atoms with Crippen molar-refractivity contribution in [3.05, 3.63) is 23.8 Å². The Morgan fingerprint density at radius 2 is 1.85 bits per heavy atom. The van der Waals surface area contributed by atoms with Crippen molar-refractivity contribution in [1.29, 1.82) is 0 Å². The lowest BCUT2D eigenvalue weighted by Crippen LogP contribution is -2.44. The highest BCUT2D eigenvalue weighted by Gasteiger charge is 2.27. The van der Waals surface area contributed by atoms with E-state index in [4.69, 9.17) is 9.47 Å². The zero-order valence-corrected chi connectivity index (χ0v) is 16.4. The predicted octanol–water partition coefficient (Wildman–Crippen LogP) is 2.15. The van der Waals surface area contributed by atoms with Gasteiger partial charge >= 0.3 is 0 Å². The van der Waals surface area contributed by atoms with Crippen molar-refractivity contribution in [1.82, 2.24) is 9.80 Å². The minimum atomic E-state index is -0.0801. The Kier molecular flexibility index (Phi) is 7.72. The molecule has 26 heavy (non-hydrogen) atoms. The van der Waals surface area contributed by atoms with E-state index in [0.29, 0.717) is 24.6 Å². The summed E-state index contributed by atoms with van der Waals surface area (Å²) < 4.78 is 10.7. The van der Waals surface area contributed by atoms with Gasteiger partial charge in [0.25, 0.3) is 0 Å². The number of amides is 1. The fourth-order valence-corrected chi connectivity index (χ4v) is 3.51. The summed E-state index contributed by atoms with van der Waals surface area (Å²) in [5.74, 6) is 2.02. The lowest BCUT2D eigenvalue weighted by molar-refractivity contribution is -0.133. The van der Waals surface area contributed by atoms with Crippen LogP contribution in [-0.4, -0.2) is 67.3 Å². The normalized spacial score (nSPS) is 17.3. The number of aliphatic hydroxyl groups excluding tert-OH is 1. The summed E-state index contributed by atoms with van der Waals surface area (Å²) in [6.07, 6.45) is 1.32. The molecule has 146 valence electrons. The summed E-state index contributed by atoms with van der Waals surface area (Å²) in [7, 11) is 3.26. The average molecular weight is 364 g/mol. The number of hydrogen-bond donors (Lipinski definition) is 1. The number of rotatable bonds is 8. The third-order valence-electron chi connectivity index (χ3n) is 4.87. The molecule has 6 nitrogen and oxygen atoms in total. The van der Waals surface area contributed by atoms with Crippen LogP contribution in [0.1, 0.15) is 32.3 Å². The molecule has 0 saturated carbocycles. The molecule has 1 aliphatic heterocycles. The molecule has 0 aromatic heterocycles. The first-order chi connectivity index (χ1) is 12.5. The molecule has 1 N–H and O–H groups in total. The molecule has 1 aliphatic rings. The van der Waals surface area contributed by atoms with Crippen LogP contribution in [0.15, 0.2) is 18.2 Å². The minimum absolute atomic E-state index is 0.0274. The highest BCUT2D eigenvalue weighted by Crippen LogP contribution is 2.28. The minimum Gasteiger partial charge on any atom is -0.493 e. The van der Waals surface area contributed by atoms with E-state index in [0.717, 1.165) is 37.4 Å². The molecule has 1 fully saturated rings. The Balaban J connectivity index is 2.02. The molecular weight excluding hydrogens is 332 g/mol. The second-order valence-electron chi connectivity index (χ2n) is 7.27. The van der Waals surface area contributed by atoms with E-state index >= 15 is 0 Å². The Labute approximate surface area is 156 Å². The first-order valence-electron chi connectivity index (χ1n) is 9.32. The van der Waals surface area contributed by atoms with Crippen molar-refractivity contribution in [2.75, 3.05) is 40.5 Å². The summed E-state index contributed by atoms with van der Waals surface area (Å²) in [5, 5.41) is 9.71. The van der Waals surface area contributed by atoms with Crippen LogP contribution in [0.3, 0.4) is 0 Å². The van der Waals surface area contributed by atoms with Gasteiger partial charge in [-0.15, -0.1) is 0 Å². The Morgan fingerprint density at radius 1 is 1.12 bits per heavy atom. The quantitative estimate of drug-likeness (QED) is 0.766. The Morgan fingerprint density at radius 3 is 2.46 bits per heavy atom. The molecule has 1 heterocycles. The number of carbonyl (C=O) groups excluding carboxylic acids is 1. The largest absolute Gasteiger partial charge is 0.493 e. The molecule has 0 spiro atoms. The second kappa shape index (κ2) is 9.78. The smallest absolute Gasteiger partial charge is 0.224 e. The molecule has 0 bridgehead atoms. The summed E-state index contributed by atoms with van der Waals surface area (Å²) in [5.41, 5.74) is 1.13. The van der Waals surface area contributed by atoms with Crippen LogP contribution < -0.4 is 9.47 Å². The average Bonchev–Trinajstić information content (AvgIpc) is 2.81. The number of methoxy groups -OCH3 is 2. The highest BCUT2D eigenvalue weighted by atomic mass is 16.5. The number of carbonyl (C=O) groups is 1. The van der Waals surface area contributed by atoms with Crippen molar-refractivity contribution in [3.8, 4) is 11.5 Å². The van der Waals surface area contributed by atoms with E-state index in [9.17, 15) is 9.90 Å². The molecule has 1 amide bonds. The maximum atomic E-state index is 12.5. The number of benzene rings is 1. The van der Waals surface area contributed by atoms with Gasteiger partial charge in [-0.25, -0.2) is 0 Å². The molecule has 0 radical (unpaired) electrons. The first kappa shape index (κ1) is 20.5. The van der Waals surface area contributed by atoms with Crippen LogP contribution in [0, 0.1) is 5.92 Å². The maximum Gasteiger partial charge on any atom is 0.224 e. The van der Waals surface area contributed by atoms with Crippen molar-refractivity contribution in [2.45, 2.75) is 39.3 Å². The van der Waals surface area contributed by atoms with Crippen LogP contribution in [0.4, 0.5) is 0 Å². The highest BCUT2D eigenvalue weighted by molar-refractivity contribution is 5.77. The third kappa shape index (κ3) is 5.35. The molecule has 0 unspecified atom stereocenters. The Bertz CT molecular complexity index is 591. The fraction of sp³-hybridized carbons (Fsp3) is 0.650. The first-order valence-corrected chi connectivity index (χ1v) is 9.32. The predicted molar refractivity (Wildman–Crippen MR) is 101 cm³/mol. The van der Waals surface area contributed by atoms with Gasteiger partial charge in [0.05, 0.1) is 26.9 Å². The van der Waals surface area contributed by atoms with Crippen LogP contribution in [-0.2, 0) is 11.3 Å². The molecule has 1 aromatic rings. The van der Waals surface area contributed by atoms with Crippen molar-refractivity contribution in [3.63, 3.8) is 0 Å². The second-order valence-corrected chi connectivity index (χ2v) is 7.27. The summed E-state index contributed by atoms with van der Waals surface area (Å²) in [4.78, 5) is 16.7. The van der Waals surface area contributed by atoms with Gasteiger partial charge in [0.1, 0.15) is 0 Å². The lowest BCUT2D eigenvalue weighted by Gasteiger charge is -2.31. The van der Waals surface area contributed by atoms with Crippen LogP contribution >= 0.6 is 0 Å². The maximum absolute atomic E-state index is 12.5. The molecule has 2 rings (SSSR count). The van der Waals surface area contributed by atoms with Gasteiger partial charge in [0.15, 0.2) is 11.5 Å². The fourth-order valence-electron chi connectivity index (χ4n) is 3.51. The summed E-state index contributed by atoms with van der Waals surface area (Å²) >= 11 is 0. The monoisotopic (exact) mass is 364 g/mol. The van der Waals surface area contributed by atoms with Gasteiger partial charge in [-0.1, -0.05) is 19.9 Å². The SMILES string of the molecule is COc1ccc(CN2CCC(=O)N([C@H](CO)CC(C)C)CC2)cc1OC. The standard InChI is InChI=1S/C20H32N2O4/c1-15(2)11-17(14-23)22-10-9-21(8-7-20(22)24)13-16-5-6-18(25-3)19(12-16)26-4/h5-6,12,15,17,23H,7-11,13-14H2,1-4H3/t17-/m0/s1. The van der Waals surface area contributed by atoms with Gasteiger partial charge < -0.3 is 19.5 Å². The zero-order valence-electron chi connectivity index (χ0n) is 16.4. The molecule has 6 heteroatoms. The van der Waals surface area contributed by atoms with Crippen LogP contribution in [0.25, 0.3) is 0 Å². The number of hydrogen-bond acceptors (Lipinski definition) is 5. The zero-order chi connectivity index (χ0) is 19.1. The topological polar surface area (TPSA) is 62.2 Å². The van der Waals surface area contributed by atoms with Gasteiger partial charge in [0.2, 0.25) is 5.91 Å². The number of ether oxygens (including phenoxy) is 2. The Hall–Kier alpha value is -1.79. The van der Waals surface area contributed by atoms with Gasteiger partial charge in [0, 0.05) is 32.6 Å². The van der Waals surface area contributed by atoms with Gasteiger partial charge in [-0.05, 0) is 30.0 Å². The third-order valence-corrected chi connectivity index (χ3v) is 4.87. The molecule has 1 saturated heterocycles. The van der Waals surface area contributed by atoms with E-state index in [1.807, 2.05) is 23.1 Å². The summed E-state index contributed by atoms with van der Waals surface area (Å²) in [6.45, 7) is 7.21. The molecular formula is C20H32N2O4. The lowest BCUT2D eigenvalue weighted by atomic mass is 10.0. The molecule has 1 atom stereocenters. The van der Waals surface area contributed by atoms with Gasteiger partial charge in [-0.3, -0.25) is 9.69 Å². The molecule has 0 aliphatic carbocycles. The van der Waals surface area contributed by atoms with Crippen molar-refractivity contribution in [2.24, 2.45) is 5.92 Å².